The molecule has 1 aromatic carbocycles. The van der Waals surface area contributed by atoms with Gasteiger partial charge in [-0.05, 0) is 25.1 Å². The normalized spacial score (nSPS) is 23.7. The quantitative estimate of drug-likeness (QED) is 0.711. The molecular weight excluding hydrogens is 224 g/mol. The Balaban J connectivity index is 2.64. The fraction of sp³-hybridized carbons (Fsp3) is 0.250. The van der Waals surface area contributed by atoms with Crippen molar-refractivity contribution in [2.24, 2.45) is 0 Å². The lowest BCUT2D eigenvalue weighted by Gasteiger charge is -2.25. The molecular formula is C8H9ClN2O2S. The fourth-order valence-corrected chi connectivity index (χ4v) is 2.89. The van der Waals surface area contributed by atoms with Crippen molar-refractivity contribution in [1.29, 1.82) is 0 Å². The average Bonchev–Trinajstić information content (AvgIpc) is 2.00. The van der Waals surface area contributed by atoms with Crippen LogP contribution >= 0.6 is 11.6 Å². The van der Waals surface area contributed by atoms with Crippen molar-refractivity contribution in [1.82, 2.24) is 4.72 Å². The summed E-state index contributed by atoms with van der Waals surface area (Å²) in [5, 5.41) is 3.50. The topological polar surface area (TPSA) is 58.2 Å². The smallest absolute Gasteiger partial charge is 0.244 e. The first-order valence-electron chi connectivity index (χ1n) is 4.07. The average molecular weight is 233 g/mol. The molecule has 0 spiro atoms. The SMILES string of the molecule is CC1Nc2cc(Cl)ccc2S(=O)(=O)N1. The molecule has 1 aromatic rings. The fourth-order valence-electron chi connectivity index (χ4n) is 1.41. The summed E-state index contributed by atoms with van der Waals surface area (Å²) < 4.78 is 25.7. The first-order chi connectivity index (χ1) is 6.49. The van der Waals surface area contributed by atoms with Crippen LogP contribution in [0.4, 0.5) is 5.69 Å². The van der Waals surface area contributed by atoms with Gasteiger partial charge in [-0.3, -0.25) is 0 Å². The second-order valence-corrected chi connectivity index (χ2v) is 5.25. The Morgan fingerprint density at radius 1 is 1.43 bits per heavy atom. The van der Waals surface area contributed by atoms with Crippen LogP contribution in [0.2, 0.25) is 5.02 Å². The molecule has 1 aliphatic heterocycles. The van der Waals surface area contributed by atoms with Gasteiger partial charge in [0.25, 0.3) is 0 Å². The molecule has 1 unspecified atom stereocenters. The summed E-state index contributed by atoms with van der Waals surface area (Å²) in [5.41, 5.74) is 0.545. The van der Waals surface area contributed by atoms with Crippen molar-refractivity contribution in [2.75, 3.05) is 5.32 Å². The zero-order chi connectivity index (χ0) is 10.3. The molecule has 0 amide bonds. The molecule has 0 saturated carbocycles. The molecule has 4 nitrogen and oxygen atoms in total. The van der Waals surface area contributed by atoms with Crippen LogP contribution in [0.1, 0.15) is 6.92 Å². The first-order valence-corrected chi connectivity index (χ1v) is 5.93. The Kier molecular flexibility index (Phi) is 2.17. The minimum absolute atomic E-state index is 0.236. The molecule has 1 aliphatic rings. The number of anilines is 1. The second-order valence-electron chi connectivity index (χ2n) is 3.13. The third-order valence-electron chi connectivity index (χ3n) is 1.94. The van der Waals surface area contributed by atoms with Crippen molar-refractivity contribution >= 4 is 27.3 Å². The standard InChI is InChI=1S/C8H9ClN2O2S/c1-5-10-7-4-6(9)2-3-8(7)14(12,13)11-5/h2-5,10-11H,1H3. The van der Waals surface area contributed by atoms with Crippen LogP contribution < -0.4 is 10.0 Å². The van der Waals surface area contributed by atoms with Gasteiger partial charge < -0.3 is 5.32 Å². The van der Waals surface area contributed by atoms with E-state index < -0.39 is 10.0 Å². The third kappa shape index (κ3) is 1.58. The number of nitrogens with one attached hydrogen (secondary N) is 2. The molecule has 0 fully saturated rings. The zero-order valence-corrected chi connectivity index (χ0v) is 8.98. The number of fused-ring (bicyclic) bond motifs is 1. The molecule has 0 saturated heterocycles. The number of sulfonamides is 1. The summed E-state index contributed by atoms with van der Waals surface area (Å²) in [6, 6.07) is 4.64. The van der Waals surface area contributed by atoms with Gasteiger partial charge in [-0.25, -0.2) is 8.42 Å². The maximum absolute atomic E-state index is 11.6. The van der Waals surface area contributed by atoms with E-state index in [1.54, 1.807) is 19.1 Å². The lowest BCUT2D eigenvalue weighted by atomic mass is 10.3. The Morgan fingerprint density at radius 3 is 2.86 bits per heavy atom. The molecule has 0 bridgehead atoms. The lowest BCUT2D eigenvalue weighted by molar-refractivity contribution is 0.565. The van der Waals surface area contributed by atoms with Gasteiger partial charge in [0.05, 0.1) is 11.9 Å². The van der Waals surface area contributed by atoms with Gasteiger partial charge in [0, 0.05) is 5.02 Å². The summed E-state index contributed by atoms with van der Waals surface area (Å²) in [6.45, 7) is 1.72. The van der Waals surface area contributed by atoms with E-state index in [-0.39, 0.29) is 11.1 Å². The largest absolute Gasteiger partial charge is 0.368 e. The van der Waals surface area contributed by atoms with E-state index in [2.05, 4.69) is 10.0 Å². The van der Waals surface area contributed by atoms with Crippen molar-refractivity contribution in [3.8, 4) is 0 Å². The molecule has 2 rings (SSSR count). The Morgan fingerprint density at radius 2 is 2.14 bits per heavy atom. The maximum Gasteiger partial charge on any atom is 0.244 e. The van der Waals surface area contributed by atoms with E-state index in [1.807, 2.05) is 0 Å². The van der Waals surface area contributed by atoms with Gasteiger partial charge in [0.2, 0.25) is 10.0 Å². The van der Waals surface area contributed by atoms with Gasteiger partial charge in [-0.2, -0.15) is 4.72 Å². The summed E-state index contributed by atoms with van der Waals surface area (Å²) in [4.78, 5) is 0.236. The van der Waals surface area contributed by atoms with Crippen molar-refractivity contribution in [3.05, 3.63) is 23.2 Å². The Labute approximate surface area is 87.3 Å². The predicted molar refractivity (Wildman–Crippen MR) is 54.9 cm³/mol. The summed E-state index contributed by atoms with van der Waals surface area (Å²) >= 11 is 5.76. The van der Waals surface area contributed by atoms with E-state index in [0.29, 0.717) is 10.7 Å². The van der Waals surface area contributed by atoms with E-state index in [1.165, 1.54) is 6.07 Å². The van der Waals surface area contributed by atoms with E-state index in [4.69, 9.17) is 11.6 Å². The molecule has 14 heavy (non-hydrogen) atoms. The van der Waals surface area contributed by atoms with Gasteiger partial charge in [0.15, 0.2) is 0 Å². The second kappa shape index (κ2) is 3.12. The zero-order valence-electron chi connectivity index (χ0n) is 7.41. The van der Waals surface area contributed by atoms with Gasteiger partial charge >= 0.3 is 0 Å². The highest BCUT2D eigenvalue weighted by molar-refractivity contribution is 7.89. The predicted octanol–water partition coefficient (Wildman–Crippen LogP) is 1.39. The van der Waals surface area contributed by atoms with Crippen LogP contribution in [0.25, 0.3) is 0 Å². The van der Waals surface area contributed by atoms with E-state index >= 15 is 0 Å². The molecule has 0 aliphatic carbocycles. The highest BCUT2D eigenvalue weighted by Crippen LogP contribution is 2.28. The van der Waals surface area contributed by atoms with Crippen LogP contribution in [0, 0.1) is 0 Å². The minimum Gasteiger partial charge on any atom is -0.368 e. The first kappa shape index (κ1) is 9.76. The number of hydrogen-bond donors (Lipinski definition) is 2. The molecule has 2 N–H and O–H groups in total. The lowest BCUT2D eigenvalue weighted by Crippen LogP contribution is -2.42. The number of rotatable bonds is 0. The maximum atomic E-state index is 11.6. The molecule has 6 heteroatoms. The number of benzene rings is 1. The van der Waals surface area contributed by atoms with Gasteiger partial charge in [-0.15, -0.1) is 0 Å². The molecule has 76 valence electrons. The monoisotopic (exact) mass is 232 g/mol. The highest BCUT2D eigenvalue weighted by Gasteiger charge is 2.26. The molecule has 1 heterocycles. The Hall–Kier alpha value is -0.780. The van der Waals surface area contributed by atoms with Crippen LogP contribution in [-0.4, -0.2) is 14.6 Å². The highest BCUT2D eigenvalue weighted by atomic mass is 35.5. The van der Waals surface area contributed by atoms with Crippen molar-refractivity contribution < 1.29 is 8.42 Å². The minimum atomic E-state index is -3.38. The summed E-state index contributed by atoms with van der Waals surface area (Å²) in [5.74, 6) is 0. The van der Waals surface area contributed by atoms with E-state index in [9.17, 15) is 8.42 Å². The summed E-state index contributed by atoms with van der Waals surface area (Å²) in [7, 11) is -3.38. The molecule has 0 aromatic heterocycles. The third-order valence-corrected chi connectivity index (χ3v) is 3.77. The van der Waals surface area contributed by atoms with Crippen molar-refractivity contribution in [2.45, 2.75) is 18.0 Å². The van der Waals surface area contributed by atoms with Crippen LogP contribution in [0.15, 0.2) is 23.1 Å². The molecule has 1 atom stereocenters. The van der Waals surface area contributed by atoms with Crippen LogP contribution in [0.3, 0.4) is 0 Å². The number of hydrogen-bond acceptors (Lipinski definition) is 3. The van der Waals surface area contributed by atoms with Crippen LogP contribution in [-0.2, 0) is 10.0 Å². The van der Waals surface area contributed by atoms with Gasteiger partial charge in [0.1, 0.15) is 4.90 Å². The van der Waals surface area contributed by atoms with E-state index in [0.717, 1.165) is 0 Å². The summed E-state index contributed by atoms with van der Waals surface area (Å²) in [6.07, 6.45) is -0.314. The molecule has 0 radical (unpaired) electrons. The van der Waals surface area contributed by atoms with Crippen molar-refractivity contribution in [3.63, 3.8) is 0 Å². The van der Waals surface area contributed by atoms with Crippen LogP contribution in [0.5, 0.6) is 0 Å². The number of halogens is 1. The van der Waals surface area contributed by atoms with Gasteiger partial charge in [-0.1, -0.05) is 11.6 Å². The Bertz CT molecular complexity index is 472.